The topological polar surface area (TPSA) is 38.4 Å². The van der Waals surface area contributed by atoms with Gasteiger partial charge in [0.25, 0.3) is 0 Å². The lowest BCUT2D eigenvalue weighted by atomic mass is 10.2. The minimum absolute atomic E-state index is 0.653. The van der Waals surface area contributed by atoms with Crippen LogP contribution in [0.3, 0.4) is 0 Å². The van der Waals surface area contributed by atoms with Crippen molar-refractivity contribution in [2.45, 2.75) is 6.42 Å². The first-order valence-corrected chi connectivity index (χ1v) is 2.93. The van der Waals surface area contributed by atoms with Crippen LogP contribution in [0.5, 0.6) is 0 Å². The van der Waals surface area contributed by atoms with Gasteiger partial charge in [-0.05, 0) is 12.0 Å². The van der Waals surface area contributed by atoms with Crippen LogP contribution >= 0.6 is 0 Å². The zero-order valence-corrected chi connectivity index (χ0v) is 5.46. The molecule has 0 aromatic rings. The summed E-state index contributed by atoms with van der Waals surface area (Å²) in [6.07, 6.45) is 6.98. The predicted octanol–water partition coefficient (Wildman–Crippen LogP) is 0.860. The number of hydrogen-bond donors (Lipinski definition) is 1. The van der Waals surface area contributed by atoms with Crippen LogP contribution in [0.4, 0.5) is 0 Å². The van der Waals surface area contributed by atoms with E-state index in [9.17, 15) is 0 Å². The van der Waals surface area contributed by atoms with Gasteiger partial charge < -0.3 is 5.73 Å². The third-order valence-corrected chi connectivity index (χ3v) is 1.34. The second kappa shape index (κ2) is 2.49. The van der Waals surface area contributed by atoms with E-state index < -0.39 is 0 Å². The molecule has 1 aliphatic carbocycles. The van der Waals surface area contributed by atoms with Gasteiger partial charge in [-0.3, -0.25) is 4.99 Å². The van der Waals surface area contributed by atoms with Crippen molar-refractivity contribution in [2.75, 3.05) is 7.05 Å². The number of rotatable bonds is 1. The highest BCUT2D eigenvalue weighted by Crippen LogP contribution is 2.09. The molecular formula is C7H10N2. The van der Waals surface area contributed by atoms with Crippen molar-refractivity contribution in [3.63, 3.8) is 0 Å². The molecule has 0 aromatic heterocycles. The highest BCUT2D eigenvalue weighted by atomic mass is 14.8. The summed E-state index contributed by atoms with van der Waals surface area (Å²) in [7, 11) is 1.70. The molecule has 1 rings (SSSR count). The number of nitrogens with zero attached hydrogens (tertiary/aromatic N) is 1. The van der Waals surface area contributed by atoms with Crippen LogP contribution in [-0.2, 0) is 0 Å². The van der Waals surface area contributed by atoms with E-state index >= 15 is 0 Å². The molecule has 0 radical (unpaired) electrons. The largest absolute Gasteiger partial charge is 0.384 e. The number of aliphatic imine (C=N–C) groups is 1. The standard InChI is InChI=1S/C7H10N2/c1-9-7(8)6-4-2-3-5-6/h2-4H,5H2,1H3,(H2,8,9). The van der Waals surface area contributed by atoms with Gasteiger partial charge in [0.15, 0.2) is 0 Å². The zero-order valence-electron chi connectivity index (χ0n) is 5.46. The van der Waals surface area contributed by atoms with E-state index in [1.165, 1.54) is 0 Å². The van der Waals surface area contributed by atoms with Gasteiger partial charge in [-0.25, -0.2) is 0 Å². The highest BCUT2D eigenvalue weighted by Gasteiger charge is 2.00. The summed E-state index contributed by atoms with van der Waals surface area (Å²) >= 11 is 0. The van der Waals surface area contributed by atoms with Gasteiger partial charge in [-0.2, -0.15) is 0 Å². The first kappa shape index (κ1) is 6.08. The fourth-order valence-corrected chi connectivity index (χ4v) is 0.781. The SMILES string of the molecule is CN=C(N)C1=CC=CC1. The molecule has 48 valence electrons. The molecule has 2 heteroatoms. The zero-order chi connectivity index (χ0) is 6.69. The van der Waals surface area contributed by atoms with Crippen LogP contribution in [0, 0.1) is 0 Å². The Hall–Kier alpha value is -1.05. The van der Waals surface area contributed by atoms with Crippen LogP contribution in [0.2, 0.25) is 0 Å². The van der Waals surface area contributed by atoms with E-state index in [0.717, 1.165) is 12.0 Å². The fourth-order valence-electron chi connectivity index (χ4n) is 0.781. The van der Waals surface area contributed by atoms with Gasteiger partial charge in [0.05, 0.1) is 0 Å². The third-order valence-electron chi connectivity index (χ3n) is 1.34. The van der Waals surface area contributed by atoms with Crippen LogP contribution in [-0.4, -0.2) is 12.9 Å². The van der Waals surface area contributed by atoms with Gasteiger partial charge in [0, 0.05) is 7.05 Å². The Morgan fingerprint density at radius 2 is 2.56 bits per heavy atom. The van der Waals surface area contributed by atoms with Crippen LogP contribution in [0.1, 0.15) is 6.42 Å². The molecule has 0 aromatic carbocycles. The normalized spacial score (nSPS) is 18.3. The molecule has 0 spiro atoms. The molecule has 0 unspecified atom stereocenters. The van der Waals surface area contributed by atoms with Gasteiger partial charge in [-0.1, -0.05) is 18.2 Å². The fraction of sp³-hybridized carbons (Fsp3) is 0.286. The third kappa shape index (κ3) is 1.19. The van der Waals surface area contributed by atoms with Crippen molar-refractivity contribution in [1.82, 2.24) is 0 Å². The quantitative estimate of drug-likeness (QED) is 0.406. The molecular weight excluding hydrogens is 112 g/mol. The highest BCUT2D eigenvalue weighted by molar-refractivity contribution is 5.97. The second-order valence-electron chi connectivity index (χ2n) is 1.93. The Kier molecular flexibility index (Phi) is 1.68. The van der Waals surface area contributed by atoms with E-state index in [1.54, 1.807) is 7.05 Å². The van der Waals surface area contributed by atoms with Crippen molar-refractivity contribution in [2.24, 2.45) is 10.7 Å². The van der Waals surface area contributed by atoms with Crippen molar-refractivity contribution in [1.29, 1.82) is 0 Å². The molecule has 0 saturated heterocycles. The van der Waals surface area contributed by atoms with E-state index in [1.807, 2.05) is 12.2 Å². The summed E-state index contributed by atoms with van der Waals surface area (Å²) < 4.78 is 0. The monoisotopic (exact) mass is 122 g/mol. The first-order valence-electron chi connectivity index (χ1n) is 2.93. The van der Waals surface area contributed by atoms with Crippen LogP contribution < -0.4 is 5.73 Å². The molecule has 0 fully saturated rings. The lowest BCUT2D eigenvalue weighted by Crippen LogP contribution is -2.13. The summed E-state index contributed by atoms with van der Waals surface area (Å²) in [5.74, 6) is 0.653. The molecule has 0 atom stereocenters. The van der Waals surface area contributed by atoms with Gasteiger partial charge in [-0.15, -0.1) is 0 Å². The average Bonchev–Trinajstić information content (AvgIpc) is 2.37. The Labute approximate surface area is 54.8 Å². The maximum absolute atomic E-state index is 5.52. The molecule has 0 aliphatic heterocycles. The number of allylic oxidation sites excluding steroid dienone is 3. The van der Waals surface area contributed by atoms with Crippen molar-refractivity contribution < 1.29 is 0 Å². The summed E-state index contributed by atoms with van der Waals surface area (Å²) in [4.78, 5) is 3.86. The number of nitrogens with two attached hydrogens (primary N) is 1. The summed E-state index contributed by atoms with van der Waals surface area (Å²) in [6, 6.07) is 0. The van der Waals surface area contributed by atoms with Gasteiger partial charge >= 0.3 is 0 Å². The molecule has 0 heterocycles. The van der Waals surface area contributed by atoms with Crippen molar-refractivity contribution >= 4 is 5.84 Å². The van der Waals surface area contributed by atoms with Gasteiger partial charge in [0.2, 0.25) is 0 Å². The Morgan fingerprint density at radius 1 is 1.78 bits per heavy atom. The smallest absolute Gasteiger partial charge is 0.121 e. The lowest BCUT2D eigenvalue weighted by molar-refractivity contribution is 1.30. The molecule has 0 bridgehead atoms. The Morgan fingerprint density at radius 3 is 3.00 bits per heavy atom. The predicted molar refractivity (Wildman–Crippen MR) is 39.4 cm³/mol. The summed E-state index contributed by atoms with van der Waals surface area (Å²) in [5.41, 5.74) is 6.64. The van der Waals surface area contributed by atoms with E-state index in [2.05, 4.69) is 11.1 Å². The number of hydrogen-bond acceptors (Lipinski definition) is 1. The Bertz CT molecular complexity index is 187. The molecule has 9 heavy (non-hydrogen) atoms. The molecule has 0 saturated carbocycles. The van der Waals surface area contributed by atoms with E-state index in [0.29, 0.717) is 5.84 Å². The maximum Gasteiger partial charge on any atom is 0.121 e. The molecule has 0 amide bonds. The maximum atomic E-state index is 5.52. The van der Waals surface area contributed by atoms with Crippen LogP contribution in [0.25, 0.3) is 0 Å². The summed E-state index contributed by atoms with van der Waals surface area (Å²) in [5, 5.41) is 0. The Balaban J connectivity index is 2.66. The lowest BCUT2D eigenvalue weighted by Gasteiger charge is -1.96. The molecule has 2 nitrogen and oxygen atoms in total. The van der Waals surface area contributed by atoms with Gasteiger partial charge in [0.1, 0.15) is 5.84 Å². The minimum Gasteiger partial charge on any atom is -0.384 e. The van der Waals surface area contributed by atoms with Crippen molar-refractivity contribution in [3.05, 3.63) is 23.8 Å². The van der Waals surface area contributed by atoms with E-state index in [4.69, 9.17) is 5.73 Å². The van der Waals surface area contributed by atoms with Crippen LogP contribution in [0.15, 0.2) is 28.8 Å². The average molecular weight is 122 g/mol. The van der Waals surface area contributed by atoms with E-state index in [-0.39, 0.29) is 0 Å². The number of amidine groups is 1. The minimum atomic E-state index is 0.653. The summed E-state index contributed by atoms with van der Waals surface area (Å²) in [6.45, 7) is 0. The molecule has 2 N–H and O–H groups in total. The van der Waals surface area contributed by atoms with Crippen molar-refractivity contribution in [3.8, 4) is 0 Å². The molecule has 1 aliphatic rings. The second-order valence-corrected chi connectivity index (χ2v) is 1.93. The first-order chi connectivity index (χ1) is 4.34.